The van der Waals surface area contributed by atoms with E-state index in [9.17, 15) is 4.39 Å². The lowest BCUT2D eigenvalue weighted by atomic mass is 9.80. The molecule has 25 heavy (non-hydrogen) atoms. The summed E-state index contributed by atoms with van der Waals surface area (Å²) in [7, 11) is 0. The number of halogens is 1. The van der Waals surface area contributed by atoms with Gasteiger partial charge in [0, 0.05) is 5.56 Å². The van der Waals surface area contributed by atoms with Gasteiger partial charge in [0.15, 0.2) is 6.33 Å². The highest BCUT2D eigenvalue weighted by atomic mass is 19.1. The Bertz CT molecular complexity index is 868. The molecular weight excluding hydrogens is 319 g/mol. The highest BCUT2D eigenvalue weighted by Crippen LogP contribution is 2.40. The number of rotatable bonds is 5. The minimum absolute atomic E-state index is 0.280. The number of ether oxygens (including phenoxy) is 1. The van der Waals surface area contributed by atoms with Crippen molar-refractivity contribution in [3.8, 4) is 17.1 Å². The molecule has 1 saturated carbocycles. The lowest BCUT2D eigenvalue weighted by Crippen LogP contribution is -2.10. The zero-order valence-corrected chi connectivity index (χ0v) is 13.6. The van der Waals surface area contributed by atoms with Crippen LogP contribution in [0.15, 0.2) is 48.8 Å². The average Bonchev–Trinajstić information content (AvgIpc) is 2.60. The number of hydrogen-bond donors (Lipinski definition) is 0. The van der Waals surface area contributed by atoms with Crippen LogP contribution in [0.2, 0.25) is 0 Å². The molecule has 5 nitrogen and oxygen atoms in total. The van der Waals surface area contributed by atoms with Crippen molar-refractivity contribution in [1.82, 2.24) is 20.4 Å². The molecule has 4 rings (SSSR count). The third kappa shape index (κ3) is 3.47. The van der Waals surface area contributed by atoms with E-state index in [2.05, 4.69) is 26.5 Å². The Hall–Kier alpha value is -2.89. The molecule has 1 aliphatic rings. The van der Waals surface area contributed by atoms with Gasteiger partial charge in [0.2, 0.25) is 5.82 Å². The van der Waals surface area contributed by atoms with Gasteiger partial charge in [-0.3, -0.25) is 0 Å². The molecule has 1 aliphatic carbocycles. The molecule has 0 saturated heterocycles. The van der Waals surface area contributed by atoms with E-state index in [0.29, 0.717) is 17.0 Å². The summed E-state index contributed by atoms with van der Waals surface area (Å²) in [6, 6.07) is 12.7. The molecule has 0 bridgehead atoms. The van der Waals surface area contributed by atoms with Crippen LogP contribution < -0.4 is 4.74 Å². The first kappa shape index (κ1) is 15.6. The van der Waals surface area contributed by atoms with Crippen molar-refractivity contribution in [2.45, 2.75) is 31.8 Å². The largest absolute Gasteiger partial charge is 0.489 e. The Morgan fingerprint density at radius 3 is 2.60 bits per heavy atom. The standard InChI is InChI=1S/C19H17FN4O/c20-16-9-13(8-15(10-16)19-23-21-12-22-24-19)11-25-18-7-2-1-6-17(18)14-4-3-5-14/h1-2,6-10,12,14H,3-5,11H2. The first-order valence-corrected chi connectivity index (χ1v) is 8.31. The highest BCUT2D eigenvalue weighted by Gasteiger charge is 2.22. The second kappa shape index (κ2) is 6.93. The van der Waals surface area contributed by atoms with Gasteiger partial charge in [-0.2, -0.15) is 0 Å². The summed E-state index contributed by atoms with van der Waals surface area (Å²) < 4.78 is 19.9. The van der Waals surface area contributed by atoms with Gasteiger partial charge >= 0.3 is 0 Å². The van der Waals surface area contributed by atoms with E-state index < -0.39 is 0 Å². The van der Waals surface area contributed by atoms with Crippen LogP contribution in [0.1, 0.15) is 36.3 Å². The Labute approximate surface area is 144 Å². The van der Waals surface area contributed by atoms with Crippen molar-refractivity contribution in [3.63, 3.8) is 0 Å². The van der Waals surface area contributed by atoms with Gasteiger partial charge in [0.05, 0.1) is 0 Å². The van der Waals surface area contributed by atoms with Crippen LogP contribution in [0.5, 0.6) is 5.75 Å². The quantitative estimate of drug-likeness (QED) is 0.707. The van der Waals surface area contributed by atoms with Crippen molar-refractivity contribution in [2.75, 3.05) is 0 Å². The predicted octanol–water partition coefficient (Wildman–Crippen LogP) is 3.92. The van der Waals surface area contributed by atoms with Gasteiger partial charge in [-0.1, -0.05) is 24.6 Å². The predicted molar refractivity (Wildman–Crippen MR) is 90.4 cm³/mol. The fraction of sp³-hybridized carbons (Fsp3) is 0.263. The fourth-order valence-electron chi connectivity index (χ4n) is 3.01. The van der Waals surface area contributed by atoms with E-state index in [1.54, 1.807) is 6.07 Å². The summed E-state index contributed by atoms with van der Waals surface area (Å²) in [5.74, 6) is 1.38. The topological polar surface area (TPSA) is 60.8 Å². The Balaban J connectivity index is 1.55. The molecule has 1 heterocycles. The second-order valence-corrected chi connectivity index (χ2v) is 6.17. The maximum Gasteiger partial charge on any atom is 0.203 e. The van der Waals surface area contributed by atoms with E-state index >= 15 is 0 Å². The molecule has 126 valence electrons. The lowest BCUT2D eigenvalue weighted by Gasteiger charge is -2.27. The summed E-state index contributed by atoms with van der Waals surface area (Å²) in [6.45, 7) is 0.280. The third-order valence-electron chi connectivity index (χ3n) is 4.48. The molecule has 0 radical (unpaired) electrons. The van der Waals surface area contributed by atoms with Crippen LogP contribution in [-0.4, -0.2) is 20.4 Å². The maximum absolute atomic E-state index is 14.0. The number of benzene rings is 2. The van der Waals surface area contributed by atoms with Crippen LogP contribution in [0.4, 0.5) is 4.39 Å². The van der Waals surface area contributed by atoms with E-state index in [0.717, 1.165) is 5.75 Å². The van der Waals surface area contributed by atoms with Gasteiger partial charge in [0.1, 0.15) is 18.2 Å². The molecule has 0 amide bonds. The molecule has 0 unspecified atom stereocenters. The van der Waals surface area contributed by atoms with Gasteiger partial charge in [-0.25, -0.2) is 4.39 Å². The number of para-hydroxylation sites is 1. The second-order valence-electron chi connectivity index (χ2n) is 6.17. The monoisotopic (exact) mass is 336 g/mol. The van der Waals surface area contributed by atoms with E-state index in [4.69, 9.17) is 4.74 Å². The van der Waals surface area contributed by atoms with Gasteiger partial charge in [-0.05, 0) is 54.2 Å². The van der Waals surface area contributed by atoms with Crippen molar-refractivity contribution in [1.29, 1.82) is 0 Å². The van der Waals surface area contributed by atoms with Crippen molar-refractivity contribution in [2.24, 2.45) is 0 Å². The van der Waals surface area contributed by atoms with E-state index in [1.165, 1.54) is 43.3 Å². The zero-order chi connectivity index (χ0) is 17.1. The van der Waals surface area contributed by atoms with Crippen LogP contribution in [0.3, 0.4) is 0 Å². The molecule has 6 heteroatoms. The van der Waals surface area contributed by atoms with Crippen LogP contribution >= 0.6 is 0 Å². The first-order chi connectivity index (χ1) is 12.3. The number of nitrogens with zero attached hydrogens (tertiary/aromatic N) is 4. The molecule has 3 aromatic rings. The van der Waals surface area contributed by atoms with Crippen molar-refractivity contribution >= 4 is 0 Å². The van der Waals surface area contributed by atoms with Crippen LogP contribution in [-0.2, 0) is 6.61 Å². The van der Waals surface area contributed by atoms with Gasteiger partial charge in [0.25, 0.3) is 0 Å². The Morgan fingerprint density at radius 1 is 1.04 bits per heavy atom. The lowest BCUT2D eigenvalue weighted by molar-refractivity contribution is 0.293. The molecular formula is C19H17FN4O. The van der Waals surface area contributed by atoms with Gasteiger partial charge < -0.3 is 4.74 Å². The van der Waals surface area contributed by atoms with Crippen molar-refractivity contribution in [3.05, 3.63) is 65.7 Å². The highest BCUT2D eigenvalue weighted by molar-refractivity contribution is 5.55. The summed E-state index contributed by atoms with van der Waals surface area (Å²) in [5, 5.41) is 15.1. The Kier molecular flexibility index (Phi) is 4.33. The molecule has 0 aliphatic heterocycles. The number of hydrogen-bond acceptors (Lipinski definition) is 5. The minimum atomic E-state index is -0.365. The maximum atomic E-state index is 14.0. The van der Waals surface area contributed by atoms with Crippen LogP contribution in [0.25, 0.3) is 11.4 Å². The summed E-state index contributed by atoms with van der Waals surface area (Å²) in [5.41, 5.74) is 2.49. The Morgan fingerprint density at radius 2 is 1.84 bits per heavy atom. The number of aromatic nitrogens is 4. The molecule has 0 atom stereocenters. The summed E-state index contributed by atoms with van der Waals surface area (Å²) in [6.07, 6.45) is 4.92. The fourth-order valence-corrected chi connectivity index (χ4v) is 3.01. The third-order valence-corrected chi connectivity index (χ3v) is 4.48. The molecule has 0 N–H and O–H groups in total. The van der Waals surface area contributed by atoms with Gasteiger partial charge in [-0.15, -0.1) is 20.4 Å². The molecule has 1 fully saturated rings. The zero-order valence-electron chi connectivity index (χ0n) is 13.6. The van der Waals surface area contributed by atoms with Crippen LogP contribution in [0, 0.1) is 5.82 Å². The van der Waals surface area contributed by atoms with E-state index in [1.807, 2.05) is 18.2 Å². The summed E-state index contributed by atoms with van der Waals surface area (Å²) in [4.78, 5) is 0. The normalized spacial score (nSPS) is 14.1. The molecule has 2 aromatic carbocycles. The summed E-state index contributed by atoms with van der Waals surface area (Å²) >= 11 is 0. The van der Waals surface area contributed by atoms with Crippen molar-refractivity contribution < 1.29 is 9.13 Å². The smallest absolute Gasteiger partial charge is 0.203 e. The first-order valence-electron chi connectivity index (χ1n) is 8.31. The molecule has 0 spiro atoms. The SMILES string of the molecule is Fc1cc(COc2ccccc2C2CCC2)cc(-c2nncnn2)c1. The average molecular weight is 336 g/mol. The molecule has 1 aromatic heterocycles. The minimum Gasteiger partial charge on any atom is -0.489 e. The van der Waals surface area contributed by atoms with E-state index in [-0.39, 0.29) is 18.2 Å².